The molecule has 9 heteroatoms. The molecule has 0 unspecified atom stereocenters. The average Bonchev–Trinajstić information content (AvgIpc) is 3.11. The Morgan fingerprint density at radius 1 is 1.15 bits per heavy atom. The molecular formula is C11H17N3O6. The molecule has 1 aliphatic rings. The fourth-order valence-corrected chi connectivity index (χ4v) is 1.40. The maximum atomic E-state index is 11.3. The first-order valence-electron chi connectivity index (χ1n) is 6.17. The van der Waals surface area contributed by atoms with E-state index in [0.717, 1.165) is 12.8 Å². The van der Waals surface area contributed by atoms with E-state index in [-0.39, 0.29) is 24.9 Å². The standard InChI is InChI=1S/C11H17N3O6/c15-8(13-6-1-2-6)3-4-12-11(20)14-7(10(18)19)5-9(16)17/h6-7H,1-5H2,(H,13,15)(H,16,17)(H,18,19)(H2,12,14,20)/t7-/m0/s1. The van der Waals surface area contributed by atoms with Crippen LogP contribution in [-0.4, -0.2) is 52.7 Å². The first-order valence-corrected chi connectivity index (χ1v) is 6.17. The van der Waals surface area contributed by atoms with Gasteiger partial charge in [0.1, 0.15) is 6.04 Å². The molecule has 0 aromatic rings. The van der Waals surface area contributed by atoms with Gasteiger partial charge in [0, 0.05) is 19.0 Å². The van der Waals surface area contributed by atoms with E-state index >= 15 is 0 Å². The zero-order valence-corrected chi connectivity index (χ0v) is 10.7. The lowest BCUT2D eigenvalue weighted by Crippen LogP contribution is -2.47. The summed E-state index contributed by atoms with van der Waals surface area (Å²) in [6.45, 7) is 0.0454. The van der Waals surface area contributed by atoms with Crippen LogP contribution in [0.3, 0.4) is 0 Å². The van der Waals surface area contributed by atoms with Gasteiger partial charge in [-0.3, -0.25) is 9.59 Å². The molecule has 0 spiro atoms. The number of carbonyl (C=O) groups is 4. The Kier molecular flexibility index (Phi) is 5.75. The normalized spacial score (nSPS) is 15.0. The van der Waals surface area contributed by atoms with Gasteiger partial charge in [0.25, 0.3) is 0 Å². The van der Waals surface area contributed by atoms with Crippen molar-refractivity contribution in [3.8, 4) is 0 Å². The van der Waals surface area contributed by atoms with Gasteiger partial charge in [0.2, 0.25) is 5.91 Å². The molecule has 9 nitrogen and oxygen atoms in total. The van der Waals surface area contributed by atoms with Crippen LogP contribution in [0.1, 0.15) is 25.7 Å². The molecule has 0 aromatic heterocycles. The summed E-state index contributed by atoms with van der Waals surface area (Å²) in [5.41, 5.74) is 0. The summed E-state index contributed by atoms with van der Waals surface area (Å²) >= 11 is 0. The van der Waals surface area contributed by atoms with Crippen LogP contribution >= 0.6 is 0 Å². The van der Waals surface area contributed by atoms with Crippen LogP contribution in [0.25, 0.3) is 0 Å². The number of carbonyl (C=O) groups excluding carboxylic acids is 2. The molecule has 1 atom stereocenters. The number of nitrogens with one attached hydrogen (secondary N) is 3. The van der Waals surface area contributed by atoms with E-state index in [9.17, 15) is 19.2 Å². The zero-order valence-electron chi connectivity index (χ0n) is 10.7. The van der Waals surface area contributed by atoms with Crippen molar-refractivity contribution in [2.24, 2.45) is 0 Å². The van der Waals surface area contributed by atoms with E-state index in [1.165, 1.54) is 0 Å². The van der Waals surface area contributed by atoms with E-state index in [4.69, 9.17) is 10.2 Å². The number of carboxylic acids is 2. The number of urea groups is 1. The third-order valence-electron chi connectivity index (χ3n) is 2.56. The highest BCUT2D eigenvalue weighted by Gasteiger charge is 2.24. The van der Waals surface area contributed by atoms with Gasteiger partial charge in [0.05, 0.1) is 6.42 Å². The summed E-state index contributed by atoms with van der Waals surface area (Å²) in [7, 11) is 0. The third kappa shape index (κ3) is 6.57. The minimum absolute atomic E-state index is 0.0454. The number of rotatable bonds is 8. The lowest BCUT2D eigenvalue weighted by atomic mass is 10.2. The molecule has 3 amide bonds. The number of carboxylic acid groups (broad SMARTS) is 2. The van der Waals surface area contributed by atoms with Gasteiger partial charge in [-0.15, -0.1) is 0 Å². The summed E-state index contributed by atoms with van der Waals surface area (Å²) < 4.78 is 0. The first kappa shape index (κ1) is 15.7. The van der Waals surface area contributed by atoms with Gasteiger partial charge in [-0.1, -0.05) is 0 Å². The molecule has 0 aromatic carbocycles. The summed E-state index contributed by atoms with van der Waals surface area (Å²) in [5.74, 6) is -2.95. The van der Waals surface area contributed by atoms with Crippen LogP contribution in [0.2, 0.25) is 0 Å². The predicted octanol–water partition coefficient (Wildman–Crippen LogP) is -1.12. The molecule has 0 radical (unpaired) electrons. The Morgan fingerprint density at radius 2 is 1.80 bits per heavy atom. The van der Waals surface area contributed by atoms with Crippen molar-refractivity contribution in [2.75, 3.05) is 6.54 Å². The third-order valence-corrected chi connectivity index (χ3v) is 2.56. The van der Waals surface area contributed by atoms with Gasteiger partial charge in [-0.25, -0.2) is 9.59 Å². The van der Waals surface area contributed by atoms with Crippen molar-refractivity contribution >= 4 is 23.9 Å². The van der Waals surface area contributed by atoms with Crippen molar-refractivity contribution in [3.63, 3.8) is 0 Å². The van der Waals surface area contributed by atoms with Gasteiger partial charge in [0.15, 0.2) is 0 Å². The highest BCUT2D eigenvalue weighted by Crippen LogP contribution is 2.18. The molecule has 0 heterocycles. The summed E-state index contributed by atoms with van der Waals surface area (Å²) in [4.78, 5) is 43.8. The van der Waals surface area contributed by atoms with Crippen molar-refractivity contribution in [2.45, 2.75) is 37.8 Å². The number of aliphatic carboxylic acids is 2. The number of hydrogen-bond donors (Lipinski definition) is 5. The van der Waals surface area contributed by atoms with E-state index in [0.29, 0.717) is 0 Å². The van der Waals surface area contributed by atoms with Crippen LogP contribution in [0.5, 0.6) is 0 Å². The molecule has 1 aliphatic carbocycles. The fraction of sp³-hybridized carbons (Fsp3) is 0.636. The van der Waals surface area contributed by atoms with Gasteiger partial charge in [-0.2, -0.15) is 0 Å². The van der Waals surface area contributed by atoms with Crippen LogP contribution in [-0.2, 0) is 14.4 Å². The van der Waals surface area contributed by atoms with Crippen molar-refractivity contribution in [3.05, 3.63) is 0 Å². The Labute approximate surface area is 114 Å². The summed E-state index contributed by atoms with van der Waals surface area (Å²) in [5, 5.41) is 24.3. The molecule has 0 aliphatic heterocycles. The van der Waals surface area contributed by atoms with E-state index in [2.05, 4.69) is 10.6 Å². The summed E-state index contributed by atoms with van der Waals surface area (Å²) in [6, 6.07) is -2.09. The highest BCUT2D eigenvalue weighted by atomic mass is 16.4. The average molecular weight is 287 g/mol. The zero-order chi connectivity index (χ0) is 15.1. The van der Waals surface area contributed by atoms with E-state index in [1.54, 1.807) is 0 Å². The molecule has 1 rings (SSSR count). The van der Waals surface area contributed by atoms with Crippen LogP contribution in [0, 0.1) is 0 Å². The molecular weight excluding hydrogens is 270 g/mol. The SMILES string of the molecule is O=C(O)C[C@H](NC(=O)NCCC(=O)NC1CC1)C(=O)O. The first-order chi connectivity index (χ1) is 9.38. The molecule has 1 saturated carbocycles. The quantitative estimate of drug-likeness (QED) is 0.382. The van der Waals surface area contributed by atoms with Crippen molar-refractivity contribution in [1.82, 2.24) is 16.0 Å². The van der Waals surface area contributed by atoms with Gasteiger partial charge >= 0.3 is 18.0 Å². The van der Waals surface area contributed by atoms with Crippen molar-refractivity contribution in [1.29, 1.82) is 0 Å². The van der Waals surface area contributed by atoms with Gasteiger partial charge in [-0.05, 0) is 12.8 Å². The maximum absolute atomic E-state index is 11.3. The van der Waals surface area contributed by atoms with Crippen LogP contribution < -0.4 is 16.0 Å². The molecule has 1 fully saturated rings. The molecule has 5 N–H and O–H groups in total. The number of amides is 3. The fourth-order valence-electron chi connectivity index (χ4n) is 1.40. The lowest BCUT2D eigenvalue weighted by molar-refractivity contribution is -0.145. The molecule has 112 valence electrons. The summed E-state index contributed by atoms with van der Waals surface area (Å²) in [6.07, 6.45) is 1.30. The smallest absolute Gasteiger partial charge is 0.326 e. The van der Waals surface area contributed by atoms with E-state index in [1.807, 2.05) is 5.32 Å². The van der Waals surface area contributed by atoms with Crippen molar-refractivity contribution < 1.29 is 29.4 Å². The Hall–Kier alpha value is -2.32. The molecule has 0 saturated heterocycles. The minimum atomic E-state index is -1.51. The second-order valence-corrected chi connectivity index (χ2v) is 4.48. The Balaban J connectivity index is 2.21. The van der Waals surface area contributed by atoms with E-state index < -0.39 is 30.4 Å². The maximum Gasteiger partial charge on any atom is 0.326 e. The second-order valence-electron chi connectivity index (χ2n) is 4.48. The lowest BCUT2D eigenvalue weighted by Gasteiger charge is -2.13. The molecule has 0 bridgehead atoms. The highest BCUT2D eigenvalue weighted by molar-refractivity contribution is 5.86. The van der Waals surface area contributed by atoms with Gasteiger partial charge < -0.3 is 26.2 Å². The second kappa shape index (κ2) is 7.31. The topological polar surface area (TPSA) is 145 Å². The molecule has 20 heavy (non-hydrogen) atoms. The number of hydrogen-bond acceptors (Lipinski definition) is 4. The van der Waals surface area contributed by atoms with Crippen LogP contribution in [0.15, 0.2) is 0 Å². The predicted molar refractivity (Wildman–Crippen MR) is 66.0 cm³/mol. The Bertz CT molecular complexity index is 407. The van der Waals surface area contributed by atoms with Crippen LogP contribution in [0.4, 0.5) is 4.79 Å². The monoisotopic (exact) mass is 287 g/mol. The largest absolute Gasteiger partial charge is 0.481 e. The minimum Gasteiger partial charge on any atom is -0.481 e. The Morgan fingerprint density at radius 3 is 2.30 bits per heavy atom.